The molecule has 0 radical (unpaired) electrons. The highest BCUT2D eigenvalue weighted by Gasteiger charge is 2.19. The second-order valence-corrected chi connectivity index (χ2v) is 7.25. The first-order valence-corrected chi connectivity index (χ1v) is 9.89. The van der Waals surface area contributed by atoms with Gasteiger partial charge < -0.3 is 15.1 Å². The summed E-state index contributed by atoms with van der Waals surface area (Å²) in [6.45, 7) is 6.21. The number of aryl methyl sites for hydroxylation is 1. The minimum absolute atomic E-state index is 0.136. The molecule has 0 aliphatic carbocycles. The van der Waals surface area contributed by atoms with Gasteiger partial charge in [-0.2, -0.15) is 0 Å². The zero-order chi connectivity index (χ0) is 20.1. The van der Waals surface area contributed by atoms with E-state index < -0.39 is 0 Å². The Kier molecular flexibility index (Phi) is 5.70. The number of carbonyl (C=O) groups is 1. The van der Waals surface area contributed by atoms with E-state index in [2.05, 4.69) is 56.3 Å². The maximum Gasteiger partial charge on any atom is 0.253 e. The van der Waals surface area contributed by atoms with Crippen LogP contribution in [-0.4, -0.2) is 42.1 Å². The molecule has 0 atom stereocenters. The van der Waals surface area contributed by atoms with Crippen LogP contribution in [0.25, 0.3) is 0 Å². The normalized spacial score (nSPS) is 14.0. The van der Waals surface area contributed by atoms with Crippen molar-refractivity contribution >= 4 is 17.3 Å². The first-order chi connectivity index (χ1) is 14.2. The smallest absolute Gasteiger partial charge is 0.253 e. The second kappa shape index (κ2) is 8.73. The maximum absolute atomic E-state index is 12.5. The number of amides is 1. The van der Waals surface area contributed by atoms with Gasteiger partial charge in [0.25, 0.3) is 5.91 Å². The molecule has 1 amide bonds. The molecule has 6 heteroatoms. The summed E-state index contributed by atoms with van der Waals surface area (Å²) in [6.07, 6.45) is 5.16. The average Bonchev–Trinajstić information content (AvgIpc) is 2.78. The van der Waals surface area contributed by atoms with Crippen LogP contribution >= 0.6 is 0 Å². The minimum atomic E-state index is -0.136. The van der Waals surface area contributed by atoms with Crippen LogP contribution < -0.4 is 15.1 Å². The van der Waals surface area contributed by atoms with Crippen molar-refractivity contribution in [1.82, 2.24) is 15.3 Å². The predicted molar refractivity (Wildman–Crippen MR) is 115 cm³/mol. The summed E-state index contributed by atoms with van der Waals surface area (Å²) >= 11 is 0. The summed E-state index contributed by atoms with van der Waals surface area (Å²) in [5.74, 6) is -0.136. The monoisotopic (exact) mass is 387 g/mol. The summed E-state index contributed by atoms with van der Waals surface area (Å²) in [5.41, 5.74) is 4.93. The third-order valence-electron chi connectivity index (χ3n) is 5.15. The molecule has 1 N–H and O–H groups in total. The van der Waals surface area contributed by atoms with Crippen LogP contribution in [0.1, 0.15) is 21.6 Å². The SMILES string of the molecule is Cc1cccc(N2CCN(c3cncc(C(=O)NCc4ccccn4)c3)CC2)c1. The Balaban J connectivity index is 1.37. The molecule has 3 heterocycles. The number of rotatable bonds is 5. The number of carbonyl (C=O) groups excluding carboxylic acids is 1. The predicted octanol–water partition coefficient (Wildman–Crippen LogP) is 3.04. The lowest BCUT2D eigenvalue weighted by atomic mass is 10.1. The summed E-state index contributed by atoms with van der Waals surface area (Å²) in [4.78, 5) is 25.7. The molecule has 148 valence electrons. The van der Waals surface area contributed by atoms with Crippen LogP contribution in [0, 0.1) is 6.92 Å². The quantitative estimate of drug-likeness (QED) is 0.729. The molecular formula is C23H25N5O. The fourth-order valence-electron chi connectivity index (χ4n) is 3.55. The van der Waals surface area contributed by atoms with E-state index in [0.717, 1.165) is 37.6 Å². The molecule has 4 rings (SSSR count). The van der Waals surface area contributed by atoms with Gasteiger partial charge in [0.05, 0.1) is 29.7 Å². The average molecular weight is 387 g/mol. The molecule has 3 aromatic rings. The fraction of sp³-hybridized carbons (Fsp3) is 0.261. The van der Waals surface area contributed by atoms with E-state index >= 15 is 0 Å². The molecule has 1 aromatic carbocycles. The third kappa shape index (κ3) is 4.71. The summed E-state index contributed by atoms with van der Waals surface area (Å²) < 4.78 is 0. The first kappa shape index (κ1) is 18.9. The molecule has 1 saturated heterocycles. The first-order valence-electron chi connectivity index (χ1n) is 9.89. The van der Waals surface area contributed by atoms with Gasteiger partial charge in [-0.1, -0.05) is 18.2 Å². The third-order valence-corrected chi connectivity index (χ3v) is 5.15. The van der Waals surface area contributed by atoms with E-state index in [1.54, 1.807) is 12.4 Å². The standard InChI is InChI=1S/C23H25N5O/c1-18-5-4-7-21(13-18)27-9-11-28(12-10-27)22-14-19(15-24-17-22)23(29)26-16-20-6-2-3-8-25-20/h2-8,13-15,17H,9-12,16H2,1H3,(H,26,29). The Bertz CT molecular complexity index is 968. The van der Waals surface area contributed by atoms with Gasteiger partial charge in [0, 0.05) is 44.3 Å². The van der Waals surface area contributed by atoms with Crippen molar-refractivity contribution in [3.63, 3.8) is 0 Å². The lowest BCUT2D eigenvalue weighted by molar-refractivity contribution is 0.0950. The van der Waals surface area contributed by atoms with Crippen molar-refractivity contribution in [2.45, 2.75) is 13.5 Å². The molecule has 6 nitrogen and oxygen atoms in total. The Morgan fingerprint density at radius 2 is 1.76 bits per heavy atom. The molecule has 1 aliphatic heterocycles. The largest absolute Gasteiger partial charge is 0.368 e. The maximum atomic E-state index is 12.5. The van der Waals surface area contributed by atoms with E-state index in [0.29, 0.717) is 12.1 Å². The van der Waals surface area contributed by atoms with E-state index in [9.17, 15) is 4.79 Å². The van der Waals surface area contributed by atoms with Crippen molar-refractivity contribution in [2.75, 3.05) is 36.0 Å². The number of hydrogen-bond donors (Lipinski definition) is 1. The highest BCUT2D eigenvalue weighted by molar-refractivity contribution is 5.94. The molecule has 1 fully saturated rings. The number of benzene rings is 1. The number of hydrogen-bond acceptors (Lipinski definition) is 5. The molecule has 1 aliphatic rings. The van der Waals surface area contributed by atoms with Crippen LogP contribution in [0.5, 0.6) is 0 Å². The molecule has 0 spiro atoms. The number of nitrogens with zero attached hydrogens (tertiary/aromatic N) is 4. The topological polar surface area (TPSA) is 61.4 Å². The van der Waals surface area contributed by atoms with Gasteiger partial charge >= 0.3 is 0 Å². The van der Waals surface area contributed by atoms with Gasteiger partial charge in [-0.15, -0.1) is 0 Å². The van der Waals surface area contributed by atoms with Gasteiger partial charge in [-0.3, -0.25) is 14.8 Å². The number of aromatic nitrogens is 2. The number of pyridine rings is 2. The van der Waals surface area contributed by atoms with Gasteiger partial charge in [0.2, 0.25) is 0 Å². The molecule has 0 unspecified atom stereocenters. The van der Waals surface area contributed by atoms with Crippen LogP contribution in [0.3, 0.4) is 0 Å². The number of piperazine rings is 1. The Hall–Kier alpha value is -3.41. The zero-order valence-corrected chi connectivity index (χ0v) is 16.6. The summed E-state index contributed by atoms with van der Waals surface area (Å²) in [7, 11) is 0. The molecule has 0 bridgehead atoms. The number of anilines is 2. The van der Waals surface area contributed by atoms with Crippen molar-refractivity contribution in [1.29, 1.82) is 0 Å². The molecule has 2 aromatic heterocycles. The molecule has 0 saturated carbocycles. The van der Waals surface area contributed by atoms with Gasteiger partial charge in [-0.25, -0.2) is 0 Å². The Morgan fingerprint density at radius 1 is 0.966 bits per heavy atom. The van der Waals surface area contributed by atoms with Gasteiger partial charge in [0.15, 0.2) is 0 Å². The van der Waals surface area contributed by atoms with Crippen molar-refractivity contribution in [3.8, 4) is 0 Å². The highest BCUT2D eigenvalue weighted by atomic mass is 16.1. The van der Waals surface area contributed by atoms with Gasteiger partial charge in [-0.05, 0) is 42.8 Å². The molecular weight excluding hydrogens is 362 g/mol. The van der Waals surface area contributed by atoms with E-state index in [4.69, 9.17) is 0 Å². The lowest BCUT2D eigenvalue weighted by Crippen LogP contribution is -2.46. The van der Waals surface area contributed by atoms with Crippen molar-refractivity contribution < 1.29 is 4.79 Å². The molecule has 29 heavy (non-hydrogen) atoms. The number of nitrogens with one attached hydrogen (secondary N) is 1. The zero-order valence-electron chi connectivity index (χ0n) is 16.6. The van der Waals surface area contributed by atoms with Crippen molar-refractivity contribution in [2.24, 2.45) is 0 Å². The summed E-state index contributed by atoms with van der Waals surface area (Å²) in [6, 6.07) is 16.2. The second-order valence-electron chi connectivity index (χ2n) is 7.25. The van der Waals surface area contributed by atoms with Crippen LogP contribution in [0.4, 0.5) is 11.4 Å². The van der Waals surface area contributed by atoms with E-state index in [-0.39, 0.29) is 5.91 Å². The van der Waals surface area contributed by atoms with Crippen LogP contribution in [0.2, 0.25) is 0 Å². The lowest BCUT2D eigenvalue weighted by Gasteiger charge is -2.37. The van der Waals surface area contributed by atoms with Crippen molar-refractivity contribution in [3.05, 3.63) is 83.9 Å². The van der Waals surface area contributed by atoms with E-state index in [1.807, 2.05) is 30.5 Å². The Morgan fingerprint density at radius 3 is 2.48 bits per heavy atom. The highest BCUT2D eigenvalue weighted by Crippen LogP contribution is 2.21. The minimum Gasteiger partial charge on any atom is -0.368 e. The van der Waals surface area contributed by atoms with Gasteiger partial charge in [0.1, 0.15) is 0 Å². The fourth-order valence-corrected chi connectivity index (χ4v) is 3.55. The summed E-state index contributed by atoms with van der Waals surface area (Å²) in [5, 5.41) is 2.91. The van der Waals surface area contributed by atoms with Crippen LogP contribution in [0.15, 0.2) is 67.1 Å². The van der Waals surface area contributed by atoms with Crippen LogP contribution in [-0.2, 0) is 6.54 Å². The van der Waals surface area contributed by atoms with E-state index in [1.165, 1.54) is 11.3 Å². The Labute approximate surface area is 171 Å².